The van der Waals surface area contributed by atoms with Crippen molar-refractivity contribution in [2.45, 2.75) is 64.1 Å². The van der Waals surface area contributed by atoms with Crippen LogP contribution in [0.5, 0.6) is 0 Å². The molecule has 2 aliphatic heterocycles. The van der Waals surface area contributed by atoms with Gasteiger partial charge >= 0.3 is 0 Å². The molecule has 10 nitrogen and oxygen atoms in total. The van der Waals surface area contributed by atoms with E-state index in [-0.39, 0.29) is 37.1 Å². The first-order chi connectivity index (χ1) is 20.3. The van der Waals surface area contributed by atoms with Gasteiger partial charge in [-0.15, -0.1) is 0 Å². The van der Waals surface area contributed by atoms with Crippen molar-refractivity contribution < 1.29 is 23.9 Å². The third-order valence-corrected chi connectivity index (χ3v) is 8.18. The minimum absolute atomic E-state index is 0.00482. The molecule has 2 aromatic rings. The fourth-order valence-corrected chi connectivity index (χ4v) is 5.46. The molecular weight excluding hydrogens is 558 g/mol. The topological polar surface area (TPSA) is 134 Å². The monoisotopic (exact) mass is 597 g/mol. The molecule has 2 aliphatic rings. The Kier molecular flexibility index (Phi) is 11.3. The van der Waals surface area contributed by atoms with Crippen molar-refractivity contribution in [1.82, 2.24) is 15.1 Å². The Hall–Kier alpha value is -3.47. The van der Waals surface area contributed by atoms with E-state index in [1.54, 1.807) is 23.1 Å². The number of nitrogens with zero attached hydrogens (tertiary/aromatic N) is 2. The molecule has 42 heavy (non-hydrogen) atoms. The standard InChI is InChI=1S/C31H40ClN5O5/c1-21-18-24(9-10-25(21)32)34-30(40)26(8-4-13-33)35-31(41)27-19-22-6-2-3-7-23(22)20-37(27)29(39)12-11-28(38)36-14-5-16-42-17-15-36/h2-3,6-7,9-10,18,26-27H,4-5,8,11-17,19-20,33H2,1H3,(H,34,40)(H,35,41)/t26-,27+/m1/s1. The highest BCUT2D eigenvalue weighted by atomic mass is 35.5. The lowest BCUT2D eigenvalue weighted by Crippen LogP contribution is -2.56. The van der Waals surface area contributed by atoms with Crippen LogP contribution < -0.4 is 16.4 Å². The lowest BCUT2D eigenvalue weighted by atomic mass is 9.92. The number of carbonyl (C=O) groups excluding carboxylic acids is 4. The quantitative estimate of drug-likeness (QED) is 0.386. The number of benzene rings is 2. The Morgan fingerprint density at radius 3 is 2.57 bits per heavy atom. The zero-order valence-electron chi connectivity index (χ0n) is 24.1. The van der Waals surface area contributed by atoms with Gasteiger partial charge < -0.3 is 30.9 Å². The highest BCUT2D eigenvalue weighted by Crippen LogP contribution is 2.25. The van der Waals surface area contributed by atoms with Crippen molar-refractivity contribution in [2.75, 3.05) is 38.2 Å². The van der Waals surface area contributed by atoms with Crippen molar-refractivity contribution in [1.29, 1.82) is 0 Å². The molecule has 2 atom stereocenters. The summed E-state index contributed by atoms with van der Waals surface area (Å²) in [6.45, 7) is 4.68. The third-order valence-electron chi connectivity index (χ3n) is 7.75. The van der Waals surface area contributed by atoms with Crippen molar-refractivity contribution >= 4 is 40.9 Å². The molecule has 226 valence electrons. The van der Waals surface area contributed by atoms with Crippen LogP contribution in [-0.2, 0) is 36.9 Å². The van der Waals surface area contributed by atoms with Crippen LogP contribution in [0.1, 0.15) is 48.8 Å². The number of nitrogens with two attached hydrogens (primary N) is 1. The first-order valence-electron chi connectivity index (χ1n) is 14.6. The van der Waals surface area contributed by atoms with Crippen LogP contribution in [0.3, 0.4) is 0 Å². The number of hydrogen-bond acceptors (Lipinski definition) is 6. The normalized spacial score (nSPS) is 17.5. The summed E-state index contributed by atoms with van der Waals surface area (Å²) in [5, 5.41) is 6.34. The molecule has 0 radical (unpaired) electrons. The van der Waals surface area contributed by atoms with Crippen molar-refractivity contribution in [2.24, 2.45) is 5.73 Å². The zero-order valence-corrected chi connectivity index (χ0v) is 24.8. The van der Waals surface area contributed by atoms with Crippen LogP contribution in [0.15, 0.2) is 42.5 Å². The number of amides is 4. The molecule has 4 N–H and O–H groups in total. The van der Waals surface area contributed by atoms with Crippen molar-refractivity contribution in [3.63, 3.8) is 0 Å². The first-order valence-corrected chi connectivity index (χ1v) is 14.9. The van der Waals surface area contributed by atoms with Gasteiger partial charge in [-0.1, -0.05) is 35.9 Å². The van der Waals surface area contributed by atoms with Gasteiger partial charge in [0.2, 0.25) is 23.6 Å². The number of halogens is 1. The van der Waals surface area contributed by atoms with E-state index in [0.717, 1.165) is 23.1 Å². The summed E-state index contributed by atoms with van der Waals surface area (Å²) >= 11 is 6.12. The summed E-state index contributed by atoms with van der Waals surface area (Å²) in [7, 11) is 0. The van der Waals surface area contributed by atoms with E-state index in [2.05, 4.69) is 10.6 Å². The van der Waals surface area contributed by atoms with E-state index in [1.807, 2.05) is 31.2 Å². The number of anilines is 1. The molecule has 0 aromatic heterocycles. The molecule has 4 rings (SSSR count). The van der Waals surface area contributed by atoms with E-state index in [1.165, 1.54) is 4.90 Å². The van der Waals surface area contributed by atoms with Gasteiger partial charge in [0.05, 0.1) is 6.61 Å². The second kappa shape index (κ2) is 15.1. The minimum Gasteiger partial charge on any atom is -0.380 e. The fraction of sp³-hybridized carbons (Fsp3) is 0.484. The van der Waals surface area contributed by atoms with Crippen molar-refractivity contribution in [3.05, 3.63) is 64.2 Å². The molecule has 2 aromatic carbocycles. The Labute approximate surface area is 251 Å². The Morgan fingerprint density at radius 1 is 1.05 bits per heavy atom. The molecule has 0 spiro atoms. The molecule has 0 aliphatic carbocycles. The van der Waals surface area contributed by atoms with Crippen LogP contribution >= 0.6 is 11.6 Å². The van der Waals surface area contributed by atoms with Gasteiger partial charge in [-0.05, 0) is 67.6 Å². The van der Waals surface area contributed by atoms with Gasteiger partial charge in [-0.3, -0.25) is 19.2 Å². The van der Waals surface area contributed by atoms with Crippen LogP contribution in [0.25, 0.3) is 0 Å². The van der Waals surface area contributed by atoms with E-state index in [9.17, 15) is 19.2 Å². The maximum atomic E-state index is 13.8. The summed E-state index contributed by atoms with van der Waals surface area (Å²) in [4.78, 5) is 56.6. The highest BCUT2D eigenvalue weighted by molar-refractivity contribution is 6.31. The summed E-state index contributed by atoms with van der Waals surface area (Å²) in [6.07, 6.45) is 2.00. The van der Waals surface area contributed by atoms with Gasteiger partial charge in [0.25, 0.3) is 0 Å². The molecule has 0 unspecified atom stereocenters. The van der Waals surface area contributed by atoms with Crippen LogP contribution in [0.2, 0.25) is 5.02 Å². The van der Waals surface area contributed by atoms with Crippen LogP contribution in [0.4, 0.5) is 5.69 Å². The minimum atomic E-state index is -0.849. The van der Waals surface area contributed by atoms with E-state index < -0.39 is 18.0 Å². The summed E-state index contributed by atoms with van der Waals surface area (Å²) in [5.74, 6) is -1.16. The van der Waals surface area contributed by atoms with Crippen molar-refractivity contribution in [3.8, 4) is 0 Å². The van der Waals surface area contributed by atoms with Gasteiger partial charge in [-0.2, -0.15) is 0 Å². The Balaban J connectivity index is 1.47. The molecule has 1 fully saturated rings. The number of fused-ring (bicyclic) bond motifs is 1. The molecular formula is C31H40ClN5O5. The van der Waals surface area contributed by atoms with Gasteiger partial charge in [0.1, 0.15) is 12.1 Å². The maximum Gasteiger partial charge on any atom is 0.246 e. The molecule has 0 bridgehead atoms. The summed E-state index contributed by atoms with van der Waals surface area (Å²) < 4.78 is 5.43. The third kappa shape index (κ3) is 8.30. The van der Waals surface area contributed by atoms with Gasteiger partial charge in [0.15, 0.2) is 0 Å². The molecule has 11 heteroatoms. The Morgan fingerprint density at radius 2 is 1.81 bits per heavy atom. The van der Waals surface area contributed by atoms with Gasteiger partial charge in [-0.25, -0.2) is 0 Å². The predicted molar refractivity (Wildman–Crippen MR) is 161 cm³/mol. The first kappa shape index (κ1) is 31.5. The molecule has 1 saturated heterocycles. The van der Waals surface area contributed by atoms with E-state index >= 15 is 0 Å². The Bertz CT molecular complexity index is 1280. The number of nitrogens with one attached hydrogen (secondary N) is 2. The number of aryl methyl sites for hydroxylation is 1. The van der Waals surface area contributed by atoms with Gasteiger partial charge in [0, 0.05) is 56.2 Å². The fourth-order valence-electron chi connectivity index (χ4n) is 5.34. The predicted octanol–water partition coefficient (Wildman–Crippen LogP) is 2.79. The molecule has 0 saturated carbocycles. The molecule has 2 heterocycles. The second-order valence-corrected chi connectivity index (χ2v) is 11.2. The number of carbonyl (C=O) groups is 4. The average molecular weight is 598 g/mol. The summed E-state index contributed by atoms with van der Waals surface area (Å²) in [6, 6.07) is 11.2. The van der Waals surface area contributed by atoms with Crippen LogP contribution in [0, 0.1) is 6.92 Å². The van der Waals surface area contributed by atoms with E-state index in [4.69, 9.17) is 22.1 Å². The average Bonchev–Trinajstić information content (AvgIpc) is 3.29. The lowest BCUT2D eigenvalue weighted by molar-refractivity contribution is -0.144. The summed E-state index contributed by atoms with van der Waals surface area (Å²) in [5.41, 5.74) is 9.04. The number of hydrogen-bond donors (Lipinski definition) is 3. The van der Waals surface area contributed by atoms with Crippen LogP contribution in [-0.4, -0.2) is 78.4 Å². The second-order valence-electron chi connectivity index (χ2n) is 10.8. The lowest BCUT2D eigenvalue weighted by Gasteiger charge is -2.37. The SMILES string of the molecule is Cc1cc(NC(=O)[C@@H](CCCN)NC(=O)[C@@H]2Cc3ccccc3CN2C(=O)CCC(=O)N2CCCOCC2)ccc1Cl. The smallest absolute Gasteiger partial charge is 0.246 e. The molecule has 4 amide bonds. The largest absolute Gasteiger partial charge is 0.380 e. The maximum absolute atomic E-state index is 13.8. The number of ether oxygens (including phenoxy) is 1. The van der Waals surface area contributed by atoms with E-state index in [0.29, 0.717) is 62.8 Å². The highest BCUT2D eigenvalue weighted by Gasteiger charge is 2.36. The number of rotatable bonds is 10. The zero-order chi connectivity index (χ0) is 30.1.